The van der Waals surface area contributed by atoms with Crippen LogP contribution in [0.4, 0.5) is 11.5 Å². The maximum absolute atomic E-state index is 12.7. The zero-order valence-electron chi connectivity index (χ0n) is 15.7. The highest BCUT2D eigenvalue weighted by Gasteiger charge is 2.16. The van der Waals surface area contributed by atoms with Crippen molar-refractivity contribution in [1.82, 2.24) is 9.97 Å². The third kappa shape index (κ3) is 4.81. The van der Waals surface area contributed by atoms with Crippen LogP contribution < -0.4 is 10.6 Å². The van der Waals surface area contributed by atoms with E-state index in [1.54, 1.807) is 6.07 Å². The minimum absolute atomic E-state index is 0.194. The maximum Gasteiger partial charge on any atom is 0.274 e. The molecule has 1 saturated carbocycles. The molecule has 138 valence electrons. The molecule has 26 heavy (non-hydrogen) atoms. The lowest BCUT2D eigenvalue weighted by molar-refractivity contribution is 0.102. The quantitative estimate of drug-likeness (QED) is 0.763. The summed E-state index contributed by atoms with van der Waals surface area (Å²) >= 11 is 0. The van der Waals surface area contributed by atoms with Crippen molar-refractivity contribution in [2.24, 2.45) is 0 Å². The summed E-state index contributed by atoms with van der Waals surface area (Å²) in [4.78, 5) is 21.5. The van der Waals surface area contributed by atoms with Crippen LogP contribution in [0.3, 0.4) is 0 Å². The second-order valence-corrected chi connectivity index (χ2v) is 6.98. The van der Waals surface area contributed by atoms with Crippen LogP contribution in [0.1, 0.15) is 67.3 Å². The van der Waals surface area contributed by atoms with Gasteiger partial charge in [0.25, 0.3) is 5.91 Å². The predicted octanol–water partition coefficient (Wildman–Crippen LogP) is 4.73. The number of carbonyl (C=O) groups is 1. The number of aryl methyl sites for hydroxylation is 2. The molecular formula is C21H28N4O. The largest absolute Gasteiger partial charge is 0.367 e. The molecule has 0 aliphatic heterocycles. The molecule has 3 rings (SSSR count). The van der Waals surface area contributed by atoms with Crippen molar-refractivity contribution in [2.75, 3.05) is 10.6 Å². The Morgan fingerprint density at radius 2 is 1.85 bits per heavy atom. The van der Waals surface area contributed by atoms with Gasteiger partial charge in [-0.2, -0.15) is 0 Å². The number of hydrogen-bond donors (Lipinski definition) is 2. The topological polar surface area (TPSA) is 66.9 Å². The van der Waals surface area contributed by atoms with E-state index in [1.807, 2.05) is 31.2 Å². The van der Waals surface area contributed by atoms with E-state index in [0.29, 0.717) is 17.6 Å². The number of benzene rings is 1. The summed E-state index contributed by atoms with van der Waals surface area (Å²) in [6.45, 7) is 3.91. The van der Waals surface area contributed by atoms with Gasteiger partial charge in [-0.1, -0.05) is 50.8 Å². The van der Waals surface area contributed by atoms with Crippen LogP contribution in [0.5, 0.6) is 0 Å². The second kappa shape index (κ2) is 8.79. The predicted molar refractivity (Wildman–Crippen MR) is 106 cm³/mol. The fraction of sp³-hybridized carbons (Fsp3) is 0.476. The van der Waals surface area contributed by atoms with Gasteiger partial charge in [-0.25, -0.2) is 9.97 Å². The molecule has 0 saturated heterocycles. The molecule has 0 unspecified atom stereocenters. The number of nitrogens with one attached hydrogen (secondary N) is 2. The molecule has 1 amide bonds. The van der Waals surface area contributed by atoms with E-state index in [1.165, 1.54) is 25.7 Å². The van der Waals surface area contributed by atoms with E-state index in [4.69, 9.17) is 0 Å². The maximum atomic E-state index is 12.7. The van der Waals surface area contributed by atoms with Crippen LogP contribution in [-0.2, 0) is 6.42 Å². The number of nitrogens with zero attached hydrogens (tertiary/aromatic N) is 2. The van der Waals surface area contributed by atoms with E-state index in [0.717, 1.165) is 36.3 Å². The average molecular weight is 352 g/mol. The Labute approximate surface area is 155 Å². The first-order valence-electron chi connectivity index (χ1n) is 9.67. The van der Waals surface area contributed by atoms with Gasteiger partial charge >= 0.3 is 0 Å². The number of hydrogen-bond acceptors (Lipinski definition) is 4. The highest BCUT2D eigenvalue weighted by Crippen LogP contribution is 2.21. The van der Waals surface area contributed by atoms with Crippen LogP contribution in [-0.4, -0.2) is 21.9 Å². The number of anilines is 2. The van der Waals surface area contributed by atoms with Crippen LogP contribution in [0.2, 0.25) is 0 Å². The summed E-state index contributed by atoms with van der Waals surface area (Å²) in [6.07, 6.45) is 8.32. The lowest BCUT2D eigenvalue weighted by Crippen LogP contribution is -2.21. The summed E-state index contributed by atoms with van der Waals surface area (Å²) < 4.78 is 0. The second-order valence-electron chi connectivity index (χ2n) is 6.98. The van der Waals surface area contributed by atoms with Gasteiger partial charge in [0.05, 0.1) is 0 Å². The molecule has 1 heterocycles. The summed E-state index contributed by atoms with van der Waals surface area (Å²) in [5, 5.41) is 6.50. The molecule has 2 aromatic rings. The van der Waals surface area contributed by atoms with Gasteiger partial charge in [-0.15, -0.1) is 0 Å². The molecule has 0 radical (unpaired) electrons. The number of para-hydroxylation sites is 1. The Morgan fingerprint density at radius 3 is 2.58 bits per heavy atom. The Bertz CT molecular complexity index is 751. The number of rotatable bonds is 5. The molecule has 5 heteroatoms. The van der Waals surface area contributed by atoms with Crippen molar-refractivity contribution in [3.8, 4) is 0 Å². The molecule has 1 aromatic carbocycles. The average Bonchev–Trinajstić information content (AvgIpc) is 2.90. The zero-order chi connectivity index (χ0) is 18.4. The molecule has 2 N–H and O–H groups in total. The van der Waals surface area contributed by atoms with E-state index in [-0.39, 0.29) is 5.91 Å². The third-order valence-corrected chi connectivity index (χ3v) is 4.92. The SMILES string of the molecule is CCc1ccccc1NC(=O)c1cc(NC2CCCCCC2)nc(C)n1. The standard InChI is InChI=1S/C21H28N4O/c1-3-16-10-8-9-13-18(16)25-21(26)19-14-20(23-15(2)22-19)24-17-11-6-4-5-7-12-17/h8-10,13-14,17H,3-7,11-12H2,1-2H3,(H,25,26)(H,22,23,24). The van der Waals surface area contributed by atoms with Crippen LogP contribution in [0, 0.1) is 6.92 Å². The Kier molecular flexibility index (Phi) is 6.21. The lowest BCUT2D eigenvalue weighted by atomic mass is 10.1. The van der Waals surface area contributed by atoms with Crippen LogP contribution in [0.25, 0.3) is 0 Å². The van der Waals surface area contributed by atoms with Gasteiger partial charge < -0.3 is 10.6 Å². The molecular weight excluding hydrogens is 324 g/mol. The van der Waals surface area contributed by atoms with E-state index in [9.17, 15) is 4.79 Å². The van der Waals surface area contributed by atoms with Crippen molar-refractivity contribution in [1.29, 1.82) is 0 Å². The highest BCUT2D eigenvalue weighted by atomic mass is 16.1. The first-order valence-corrected chi connectivity index (χ1v) is 9.67. The van der Waals surface area contributed by atoms with Crippen LogP contribution >= 0.6 is 0 Å². The molecule has 1 aliphatic carbocycles. The molecule has 0 atom stereocenters. The van der Waals surface area contributed by atoms with Crippen molar-refractivity contribution in [3.63, 3.8) is 0 Å². The summed E-state index contributed by atoms with van der Waals surface area (Å²) in [7, 11) is 0. The van der Waals surface area contributed by atoms with Gasteiger partial charge in [-0.05, 0) is 37.8 Å². The van der Waals surface area contributed by atoms with Crippen LogP contribution in [0.15, 0.2) is 30.3 Å². The smallest absolute Gasteiger partial charge is 0.274 e. The van der Waals surface area contributed by atoms with Crippen molar-refractivity contribution >= 4 is 17.4 Å². The van der Waals surface area contributed by atoms with Crippen molar-refractivity contribution in [3.05, 3.63) is 47.4 Å². The molecule has 1 fully saturated rings. The van der Waals surface area contributed by atoms with E-state index in [2.05, 4.69) is 27.5 Å². The first-order chi connectivity index (χ1) is 12.7. The summed E-state index contributed by atoms with van der Waals surface area (Å²) in [6, 6.07) is 10.1. The number of amides is 1. The minimum atomic E-state index is -0.194. The monoisotopic (exact) mass is 352 g/mol. The van der Waals surface area contributed by atoms with E-state index < -0.39 is 0 Å². The zero-order valence-corrected chi connectivity index (χ0v) is 15.7. The normalized spacial score (nSPS) is 15.3. The Balaban J connectivity index is 1.74. The first kappa shape index (κ1) is 18.4. The summed E-state index contributed by atoms with van der Waals surface area (Å²) in [5.41, 5.74) is 2.36. The lowest BCUT2D eigenvalue weighted by Gasteiger charge is -2.17. The molecule has 1 aromatic heterocycles. The van der Waals surface area contributed by atoms with Gasteiger partial charge in [0.1, 0.15) is 17.3 Å². The Morgan fingerprint density at radius 1 is 1.12 bits per heavy atom. The number of aromatic nitrogens is 2. The fourth-order valence-electron chi connectivity index (χ4n) is 3.53. The van der Waals surface area contributed by atoms with Gasteiger partial charge in [-0.3, -0.25) is 4.79 Å². The van der Waals surface area contributed by atoms with Gasteiger partial charge in [0.2, 0.25) is 0 Å². The minimum Gasteiger partial charge on any atom is -0.367 e. The molecule has 0 bridgehead atoms. The van der Waals surface area contributed by atoms with Crippen molar-refractivity contribution < 1.29 is 4.79 Å². The fourth-order valence-corrected chi connectivity index (χ4v) is 3.53. The van der Waals surface area contributed by atoms with E-state index >= 15 is 0 Å². The summed E-state index contributed by atoms with van der Waals surface area (Å²) in [5.74, 6) is 1.16. The highest BCUT2D eigenvalue weighted by molar-refractivity contribution is 6.03. The third-order valence-electron chi connectivity index (χ3n) is 4.92. The molecule has 1 aliphatic rings. The Hall–Kier alpha value is -2.43. The van der Waals surface area contributed by atoms with Gasteiger partial charge in [0.15, 0.2) is 0 Å². The van der Waals surface area contributed by atoms with Crippen molar-refractivity contribution in [2.45, 2.75) is 64.8 Å². The van der Waals surface area contributed by atoms with Gasteiger partial charge in [0, 0.05) is 17.8 Å². The molecule has 0 spiro atoms. The molecule has 5 nitrogen and oxygen atoms in total. The number of carbonyl (C=O) groups excluding carboxylic acids is 1.